The zero-order valence-electron chi connectivity index (χ0n) is 17.7. The van der Waals surface area contributed by atoms with Gasteiger partial charge in [0, 0.05) is 6.08 Å². The highest BCUT2D eigenvalue weighted by Crippen LogP contribution is 2.11. The van der Waals surface area contributed by atoms with Crippen molar-refractivity contribution in [3.63, 3.8) is 0 Å². The summed E-state index contributed by atoms with van der Waals surface area (Å²) < 4.78 is 5.26. The fraction of sp³-hybridized carbons (Fsp3) is 0.542. The Bertz CT molecular complexity index is 619. The second kappa shape index (κ2) is 15.8. The van der Waals surface area contributed by atoms with Gasteiger partial charge in [-0.15, -0.1) is 0 Å². The number of aliphatic hydroxyl groups is 4. The summed E-state index contributed by atoms with van der Waals surface area (Å²) in [6.07, 6.45) is 17.1. The molecule has 6 heteroatoms. The van der Waals surface area contributed by atoms with Crippen LogP contribution in [-0.2, 0) is 9.53 Å². The second-order valence-corrected chi connectivity index (χ2v) is 7.58. The highest BCUT2D eigenvalue weighted by Gasteiger charge is 2.11. The van der Waals surface area contributed by atoms with Crippen LogP contribution >= 0.6 is 0 Å². The predicted octanol–water partition coefficient (Wildman–Crippen LogP) is 2.89. The van der Waals surface area contributed by atoms with E-state index in [-0.39, 0.29) is 12.5 Å². The van der Waals surface area contributed by atoms with Gasteiger partial charge in [0.05, 0.1) is 30.5 Å². The summed E-state index contributed by atoms with van der Waals surface area (Å²) in [5.74, 6) is -0.451. The number of carbonyl (C=O) groups excluding carboxylic acids is 1. The lowest BCUT2D eigenvalue weighted by Gasteiger charge is -2.14. The number of hydrogen-bond donors (Lipinski definition) is 4. The number of allylic oxidation sites excluding steroid dienone is 5. The normalized spacial score (nSPS) is 35.5. The standard InChI is InChI=1S/C24H36O6/c1-19-16-17-21(26)12-8-9-14-23(28)18-22(27)13-6-2-4-10-20(25)11-5-3-7-15-24(29)30-19/h2-8,10,12,15,19-23,25-28H,9,11,13-14,16-18H2,1H3/b5-3+,6-2-,10-4+,12-8+,15-7?/t19?,20-,21+,22+,23+/m1/s1. The smallest absolute Gasteiger partial charge is 0.331 e. The molecule has 0 fully saturated rings. The van der Waals surface area contributed by atoms with Crippen LogP contribution < -0.4 is 0 Å². The Labute approximate surface area is 179 Å². The molecular formula is C24H36O6. The minimum absolute atomic E-state index is 0.286. The monoisotopic (exact) mass is 420 g/mol. The molecule has 0 saturated carbocycles. The molecule has 0 aromatic heterocycles. The van der Waals surface area contributed by atoms with E-state index in [1.807, 2.05) is 6.08 Å². The molecular weight excluding hydrogens is 384 g/mol. The van der Waals surface area contributed by atoms with Gasteiger partial charge in [0.25, 0.3) is 0 Å². The number of hydrogen-bond acceptors (Lipinski definition) is 6. The summed E-state index contributed by atoms with van der Waals surface area (Å²) in [6.45, 7) is 1.78. The summed E-state index contributed by atoms with van der Waals surface area (Å²) in [6, 6.07) is 0. The summed E-state index contributed by atoms with van der Waals surface area (Å²) >= 11 is 0. The molecule has 1 aliphatic rings. The van der Waals surface area contributed by atoms with Crippen LogP contribution in [0.1, 0.15) is 51.9 Å². The SMILES string of the molecule is CC1CC[C@@H](O)/C=C/CC[C@H](O)C[C@@H](O)C/C=C\C=C\[C@@H](O)C/C=C/C=CC(=O)O1. The highest BCUT2D eigenvalue weighted by molar-refractivity contribution is 5.82. The Kier molecular flexibility index (Phi) is 13.7. The fourth-order valence-electron chi connectivity index (χ4n) is 2.88. The second-order valence-electron chi connectivity index (χ2n) is 7.58. The first-order valence-corrected chi connectivity index (χ1v) is 10.6. The Morgan fingerprint density at radius 3 is 2.33 bits per heavy atom. The third-order valence-electron chi connectivity index (χ3n) is 4.60. The van der Waals surface area contributed by atoms with E-state index in [0.717, 1.165) is 0 Å². The van der Waals surface area contributed by atoms with E-state index in [1.54, 1.807) is 55.5 Å². The summed E-state index contributed by atoms with van der Waals surface area (Å²) in [5.41, 5.74) is 0. The average Bonchev–Trinajstić information content (AvgIpc) is 2.68. The number of cyclic esters (lactones) is 1. The first-order chi connectivity index (χ1) is 14.4. The predicted molar refractivity (Wildman–Crippen MR) is 118 cm³/mol. The molecule has 0 bridgehead atoms. The third-order valence-corrected chi connectivity index (χ3v) is 4.60. The molecule has 1 rings (SSSR count). The van der Waals surface area contributed by atoms with Crippen molar-refractivity contribution in [3.05, 3.63) is 60.8 Å². The van der Waals surface area contributed by atoms with Crippen LogP contribution in [-0.4, -0.2) is 56.9 Å². The number of carbonyl (C=O) groups is 1. The van der Waals surface area contributed by atoms with Crippen LogP contribution in [0.2, 0.25) is 0 Å². The van der Waals surface area contributed by atoms with Crippen molar-refractivity contribution in [1.29, 1.82) is 0 Å². The van der Waals surface area contributed by atoms with Crippen molar-refractivity contribution < 1.29 is 30.0 Å². The number of esters is 1. The molecule has 0 aromatic rings. The van der Waals surface area contributed by atoms with Gasteiger partial charge >= 0.3 is 5.97 Å². The molecule has 1 aliphatic heterocycles. The van der Waals surface area contributed by atoms with Gasteiger partial charge < -0.3 is 25.2 Å². The van der Waals surface area contributed by atoms with E-state index >= 15 is 0 Å². The largest absolute Gasteiger partial charge is 0.460 e. The van der Waals surface area contributed by atoms with Crippen LogP contribution in [0.3, 0.4) is 0 Å². The molecule has 0 radical (unpaired) electrons. The zero-order valence-corrected chi connectivity index (χ0v) is 17.7. The van der Waals surface area contributed by atoms with Gasteiger partial charge in [-0.05, 0) is 51.9 Å². The quantitative estimate of drug-likeness (QED) is 0.355. The van der Waals surface area contributed by atoms with Gasteiger partial charge in [0.1, 0.15) is 0 Å². The first kappa shape index (κ1) is 26.0. The Morgan fingerprint density at radius 1 is 0.800 bits per heavy atom. The van der Waals surface area contributed by atoms with Crippen LogP contribution in [0.5, 0.6) is 0 Å². The molecule has 30 heavy (non-hydrogen) atoms. The van der Waals surface area contributed by atoms with Crippen molar-refractivity contribution in [3.8, 4) is 0 Å². The van der Waals surface area contributed by atoms with Crippen LogP contribution in [0.4, 0.5) is 0 Å². The van der Waals surface area contributed by atoms with E-state index in [9.17, 15) is 25.2 Å². The van der Waals surface area contributed by atoms with Gasteiger partial charge in [0.15, 0.2) is 0 Å². The molecule has 0 amide bonds. The van der Waals surface area contributed by atoms with Crippen molar-refractivity contribution in [1.82, 2.24) is 0 Å². The van der Waals surface area contributed by atoms with Gasteiger partial charge in [-0.3, -0.25) is 0 Å². The van der Waals surface area contributed by atoms with E-state index < -0.39 is 30.4 Å². The van der Waals surface area contributed by atoms with Crippen molar-refractivity contribution in [2.75, 3.05) is 0 Å². The molecule has 0 spiro atoms. The Hall–Kier alpha value is -1.99. The molecule has 6 nitrogen and oxygen atoms in total. The lowest BCUT2D eigenvalue weighted by atomic mass is 10.0. The molecule has 5 atom stereocenters. The van der Waals surface area contributed by atoms with Gasteiger partial charge in [-0.1, -0.05) is 54.7 Å². The van der Waals surface area contributed by atoms with Crippen LogP contribution in [0.25, 0.3) is 0 Å². The van der Waals surface area contributed by atoms with Gasteiger partial charge in [-0.25, -0.2) is 4.79 Å². The minimum Gasteiger partial charge on any atom is -0.460 e. The molecule has 0 aliphatic carbocycles. The molecule has 0 saturated heterocycles. The minimum atomic E-state index is -0.650. The maximum Gasteiger partial charge on any atom is 0.331 e. The van der Waals surface area contributed by atoms with E-state index in [1.165, 1.54) is 6.08 Å². The topological polar surface area (TPSA) is 107 Å². The maximum absolute atomic E-state index is 11.8. The Morgan fingerprint density at radius 2 is 1.53 bits per heavy atom. The lowest BCUT2D eigenvalue weighted by Crippen LogP contribution is -2.17. The van der Waals surface area contributed by atoms with Crippen molar-refractivity contribution in [2.45, 2.75) is 82.4 Å². The first-order valence-electron chi connectivity index (χ1n) is 10.6. The van der Waals surface area contributed by atoms with E-state index in [4.69, 9.17) is 4.74 Å². The van der Waals surface area contributed by atoms with Crippen LogP contribution in [0.15, 0.2) is 60.8 Å². The molecule has 168 valence electrons. The average molecular weight is 421 g/mol. The fourth-order valence-corrected chi connectivity index (χ4v) is 2.88. The zero-order chi connectivity index (χ0) is 22.2. The summed E-state index contributed by atoms with van der Waals surface area (Å²) in [5, 5.41) is 39.9. The molecule has 1 unspecified atom stereocenters. The van der Waals surface area contributed by atoms with E-state index in [2.05, 4.69) is 0 Å². The maximum atomic E-state index is 11.8. The Balaban J connectivity index is 2.67. The lowest BCUT2D eigenvalue weighted by molar-refractivity contribution is -0.142. The van der Waals surface area contributed by atoms with Crippen molar-refractivity contribution in [2.24, 2.45) is 0 Å². The van der Waals surface area contributed by atoms with Crippen LogP contribution in [0, 0.1) is 0 Å². The molecule has 0 aromatic carbocycles. The van der Waals surface area contributed by atoms with Gasteiger partial charge in [0.2, 0.25) is 0 Å². The number of rotatable bonds is 0. The van der Waals surface area contributed by atoms with E-state index in [0.29, 0.717) is 38.5 Å². The van der Waals surface area contributed by atoms with Crippen molar-refractivity contribution >= 4 is 5.97 Å². The third kappa shape index (κ3) is 14.1. The summed E-state index contributed by atoms with van der Waals surface area (Å²) in [4.78, 5) is 11.8. The highest BCUT2D eigenvalue weighted by atomic mass is 16.5. The molecule has 1 heterocycles. The van der Waals surface area contributed by atoms with Gasteiger partial charge in [-0.2, -0.15) is 0 Å². The number of aliphatic hydroxyl groups excluding tert-OH is 4. The summed E-state index contributed by atoms with van der Waals surface area (Å²) in [7, 11) is 0. The number of ether oxygens (including phenoxy) is 1. The molecule has 4 N–H and O–H groups in total.